The van der Waals surface area contributed by atoms with Crippen molar-refractivity contribution in [2.24, 2.45) is 5.73 Å². The average Bonchev–Trinajstić information content (AvgIpc) is 2.37. The van der Waals surface area contributed by atoms with Crippen LogP contribution in [0.15, 0.2) is 42.5 Å². The summed E-state index contributed by atoms with van der Waals surface area (Å²) in [6, 6.07) is 13.2. The molecule has 3 N–H and O–H groups in total. The molecule has 0 aromatic heterocycles. The number of nitrogens with two attached hydrogens (primary N) is 1. The molecule has 0 bridgehead atoms. The lowest BCUT2D eigenvalue weighted by Crippen LogP contribution is -2.10. The van der Waals surface area contributed by atoms with Crippen molar-refractivity contribution in [3.63, 3.8) is 0 Å². The molecule has 0 aliphatic rings. The lowest BCUT2D eigenvalue weighted by molar-refractivity contribution is 1.15. The van der Waals surface area contributed by atoms with Crippen molar-refractivity contribution in [1.29, 1.82) is 0 Å². The van der Waals surface area contributed by atoms with Crippen molar-refractivity contribution >= 4 is 46.1 Å². The Morgan fingerprint density at radius 2 is 1.79 bits per heavy atom. The van der Waals surface area contributed by atoms with Gasteiger partial charge in [0.05, 0.1) is 5.02 Å². The molecular weight excluding hydrogens is 299 g/mol. The lowest BCUT2D eigenvalue weighted by Gasteiger charge is -2.09. The first kappa shape index (κ1) is 14.1. The average molecular weight is 311 g/mol. The summed E-state index contributed by atoms with van der Waals surface area (Å²) in [5, 5.41) is 4.55. The molecule has 2 nitrogen and oxygen atoms in total. The summed E-state index contributed by atoms with van der Waals surface area (Å²) < 4.78 is 0. The molecule has 0 spiro atoms. The highest BCUT2D eigenvalue weighted by Crippen LogP contribution is 2.21. The molecule has 0 atom stereocenters. The van der Waals surface area contributed by atoms with Crippen LogP contribution in [0.4, 0.5) is 5.69 Å². The van der Waals surface area contributed by atoms with E-state index in [1.165, 1.54) is 0 Å². The number of nitrogens with one attached hydrogen (secondary N) is 1. The minimum atomic E-state index is 0.300. The van der Waals surface area contributed by atoms with Gasteiger partial charge in [-0.15, -0.1) is 0 Å². The standard InChI is InChI=1S/C14H12Cl2N2S/c15-10-3-1-9(2-4-10)8-18-11-5-6-12(14(17)19)13(16)7-11/h1-7,18H,8H2,(H2,17,19). The molecule has 2 aromatic rings. The van der Waals surface area contributed by atoms with Gasteiger partial charge in [-0.1, -0.05) is 47.6 Å². The summed E-state index contributed by atoms with van der Waals surface area (Å²) in [5.74, 6) is 0. The molecule has 0 saturated carbocycles. The minimum absolute atomic E-state index is 0.300. The number of thiocarbonyl (C=S) groups is 1. The molecule has 0 fully saturated rings. The van der Waals surface area contributed by atoms with E-state index >= 15 is 0 Å². The van der Waals surface area contributed by atoms with Crippen LogP contribution in [-0.4, -0.2) is 4.99 Å². The molecule has 0 radical (unpaired) electrons. The van der Waals surface area contributed by atoms with Gasteiger partial charge in [0.25, 0.3) is 0 Å². The van der Waals surface area contributed by atoms with Gasteiger partial charge in [0.15, 0.2) is 0 Å². The Morgan fingerprint density at radius 1 is 1.11 bits per heavy atom. The van der Waals surface area contributed by atoms with E-state index in [1.807, 2.05) is 42.5 Å². The highest BCUT2D eigenvalue weighted by molar-refractivity contribution is 7.80. The fourth-order valence-electron chi connectivity index (χ4n) is 1.63. The van der Waals surface area contributed by atoms with Gasteiger partial charge >= 0.3 is 0 Å². The summed E-state index contributed by atoms with van der Waals surface area (Å²) in [5.41, 5.74) is 8.30. The first-order valence-corrected chi connectivity index (χ1v) is 6.80. The first-order chi connectivity index (χ1) is 9.06. The van der Waals surface area contributed by atoms with Crippen molar-refractivity contribution in [2.75, 3.05) is 5.32 Å². The van der Waals surface area contributed by atoms with Gasteiger partial charge in [0.1, 0.15) is 4.99 Å². The van der Waals surface area contributed by atoms with E-state index in [0.29, 0.717) is 22.1 Å². The molecular formula is C14H12Cl2N2S. The van der Waals surface area contributed by atoms with Gasteiger partial charge < -0.3 is 11.1 Å². The number of benzene rings is 2. The van der Waals surface area contributed by atoms with Gasteiger partial charge in [0, 0.05) is 22.8 Å². The molecule has 5 heteroatoms. The molecule has 98 valence electrons. The summed E-state index contributed by atoms with van der Waals surface area (Å²) in [6.45, 7) is 0.694. The van der Waals surface area contributed by atoms with Crippen LogP contribution in [-0.2, 0) is 6.54 Å². The van der Waals surface area contributed by atoms with E-state index in [4.69, 9.17) is 41.2 Å². The van der Waals surface area contributed by atoms with Gasteiger partial charge in [-0.25, -0.2) is 0 Å². The van der Waals surface area contributed by atoms with Gasteiger partial charge in [0.2, 0.25) is 0 Å². The number of halogens is 2. The fraction of sp³-hybridized carbons (Fsp3) is 0.0714. The van der Waals surface area contributed by atoms with Crippen molar-refractivity contribution in [1.82, 2.24) is 0 Å². The van der Waals surface area contributed by atoms with Crippen molar-refractivity contribution in [3.8, 4) is 0 Å². The maximum atomic E-state index is 6.10. The first-order valence-electron chi connectivity index (χ1n) is 5.64. The van der Waals surface area contributed by atoms with Gasteiger partial charge in [-0.3, -0.25) is 0 Å². The Labute approximate surface area is 127 Å². The summed E-state index contributed by atoms with van der Waals surface area (Å²) in [6.07, 6.45) is 0. The fourth-order valence-corrected chi connectivity index (χ4v) is 2.27. The van der Waals surface area contributed by atoms with Crippen molar-refractivity contribution in [2.45, 2.75) is 6.54 Å². The zero-order valence-electron chi connectivity index (χ0n) is 9.99. The summed E-state index contributed by atoms with van der Waals surface area (Å²) in [4.78, 5) is 0.300. The van der Waals surface area contributed by atoms with E-state index < -0.39 is 0 Å². The minimum Gasteiger partial charge on any atom is -0.389 e. The van der Waals surface area contributed by atoms with Crippen LogP contribution < -0.4 is 11.1 Å². The van der Waals surface area contributed by atoms with E-state index in [1.54, 1.807) is 0 Å². The maximum absolute atomic E-state index is 6.10. The lowest BCUT2D eigenvalue weighted by atomic mass is 10.2. The van der Waals surface area contributed by atoms with E-state index in [0.717, 1.165) is 16.3 Å². The number of hydrogen-bond donors (Lipinski definition) is 2. The van der Waals surface area contributed by atoms with Crippen LogP contribution in [0.2, 0.25) is 10.0 Å². The van der Waals surface area contributed by atoms with E-state index in [9.17, 15) is 0 Å². The quantitative estimate of drug-likeness (QED) is 0.830. The van der Waals surface area contributed by atoms with Gasteiger partial charge in [-0.05, 0) is 35.9 Å². The smallest absolute Gasteiger partial charge is 0.105 e. The van der Waals surface area contributed by atoms with Crippen LogP contribution in [0.3, 0.4) is 0 Å². The Bertz CT molecular complexity index is 597. The molecule has 0 amide bonds. The number of rotatable bonds is 4. The second kappa shape index (κ2) is 6.24. The highest BCUT2D eigenvalue weighted by atomic mass is 35.5. The maximum Gasteiger partial charge on any atom is 0.105 e. The predicted octanol–water partition coefficient (Wildman–Crippen LogP) is 4.24. The molecule has 19 heavy (non-hydrogen) atoms. The largest absolute Gasteiger partial charge is 0.389 e. The van der Waals surface area contributed by atoms with E-state index in [-0.39, 0.29) is 0 Å². The third-order valence-corrected chi connectivity index (χ3v) is 3.43. The molecule has 2 aromatic carbocycles. The molecule has 0 unspecified atom stereocenters. The van der Waals surface area contributed by atoms with Crippen LogP contribution in [0.1, 0.15) is 11.1 Å². The van der Waals surface area contributed by atoms with Crippen LogP contribution in [0.5, 0.6) is 0 Å². The van der Waals surface area contributed by atoms with Crippen LogP contribution >= 0.6 is 35.4 Å². The van der Waals surface area contributed by atoms with Crippen LogP contribution in [0, 0.1) is 0 Å². The zero-order valence-corrected chi connectivity index (χ0v) is 12.3. The molecule has 0 heterocycles. The molecule has 0 saturated heterocycles. The van der Waals surface area contributed by atoms with Gasteiger partial charge in [-0.2, -0.15) is 0 Å². The van der Waals surface area contributed by atoms with Crippen molar-refractivity contribution < 1.29 is 0 Å². The SMILES string of the molecule is NC(=S)c1ccc(NCc2ccc(Cl)cc2)cc1Cl. The normalized spacial score (nSPS) is 10.2. The highest BCUT2D eigenvalue weighted by Gasteiger charge is 2.04. The second-order valence-electron chi connectivity index (χ2n) is 4.04. The monoisotopic (exact) mass is 310 g/mol. The Balaban J connectivity index is 2.06. The Morgan fingerprint density at radius 3 is 2.37 bits per heavy atom. The Hall–Kier alpha value is -1.29. The molecule has 0 aliphatic carbocycles. The zero-order chi connectivity index (χ0) is 13.8. The topological polar surface area (TPSA) is 38.0 Å². The Kier molecular flexibility index (Phi) is 4.64. The van der Waals surface area contributed by atoms with Crippen molar-refractivity contribution in [3.05, 3.63) is 63.6 Å². The van der Waals surface area contributed by atoms with E-state index in [2.05, 4.69) is 5.32 Å². The number of hydrogen-bond acceptors (Lipinski definition) is 2. The third kappa shape index (κ3) is 3.83. The summed E-state index contributed by atoms with van der Waals surface area (Å²) in [7, 11) is 0. The molecule has 0 aliphatic heterocycles. The molecule has 2 rings (SSSR count). The number of anilines is 1. The van der Waals surface area contributed by atoms with Crippen LogP contribution in [0.25, 0.3) is 0 Å². The predicted molar refractivity (Wildman–Crippen MR) is 86.1 cm³/mol. The third-order valence-electron chi connectivity index (χ3n) is 2.64. The second-order valence-corrected chi connectivity index (χ2v) is 5.32. The summed E-state index contributed by atoms with van der Waals surface area (Å²) >= 11 is 16.8.